The lowest BCUT2D eigenvalue weighted by atomic mass is 10.2. The number of hydrogen-bond donors (Lipinski definition) is 1. The lowest BCUT2D eigenvalue weighted by Crippen LogP contribution is -2.28. The van der Waals surface area contributed by atoms with Gasteiger partial charge in [0.2, 0.25) is 5.69 Å². The Kier molecular flexibility index (Phi) is 5.86. The van der Waals surface area contributed by atoms with E-state index in [-0.39, 0.29) is 17.1 Å². The Morgan fingerprint density at radius 3 is 2.65 bits per heavy atom. The van der Waals surface area contributed by atoms with Crippen molar-refractivity contribution in [2.45, 2.75) is 13.1 Å². The molecule has 0 radical (unpaired) electrons. The molecule has 0 aliphatic carbocycles. The molecule has 0 bridgehead atoms. The van der Waals surface area contributed by atoms with Crippen molar-refractivity contribution in [3.8, 4) is 11.4 Å². The van der Waals surface area contributed by atoms with Crippen molar-refractivity contribution in [2.75, 3.05) is 20.3 Å². The minimum Gasteiger partial charge on any atom is -0.493 e. The number of rotatable bonds is 6. The van der Waals surface area contributed by atoms with Crippen molar-refractivity contribution in [2.24, 2.45) is 0 Å². The van der Waals surface area contributed by atoms with E-state index in [1.807, 2.05) is 0 Å². The van der Waals surface area contributed by atoms with E-state index in [4.69, 9.17) is 9.47 Å². The number of amides is 1. The summed E-state index contributed by atoms with van der Waals surface area (Å²) in [6.45, 7) is 1.58. The van der Waals surface area contributed by atoms with Gasteiger partial charge in [-0.15, -0.1) is 0 Å². The second-order valence-electron chi connectivity index (χ2n) is 5.07. The summed E-state index contributed by atoms with van der Waals surface area (Å²) in [5.41, 5.74) is -1.03. The van der Waals surface area contributed by atoms with Crippen LogP contribution in [-0.2, 0) is 15.7 Å². The molecule has 0 aliphatic heterocycles. The number of hydrogen-bond acceptors (Lipinski definition) is 5. The molecular formula is C16H16F3N3O4. The van der Waals surface area contributed by atoms with Gasteiger partial charge in [0.1, 0.15) is 0 Å². The summed E-state index contributed by atoms with van der Waals surface area (Å²) in [4.78, 5) is 23.4. The van der Waals surface area contributed by atoms with Crippen LogP contribution in [0.1, 0.15) is 23.0 Å². The van der Waals surface area contributed by atoms with E-state index in [0.29, 0.717) is 6.54 Å². The van der Waals surface area contributed by atoms with E-state index in [1.54, 1.807) is 6.92 Å². The van der Waals surface area contributed by atoms with E-state index in [9.17, 15) is 22.8 Å². The highest BCUT2D eigenvalue weighted by Gasteiger charge is 2.31. The number of ether oxygens (including phenoxy) is 2. The zero-order chi connectivity index (χ0) is 19.3. The highest BCUT2D eigenvalue weighted by atomic mass is 19.4. The molecular weight excluding hydrogens is 355 g/mol. The zero-order valence-electron chi connectivity index (χ0n) is 14.0. The van der Waals surface area contributed by atoms with Gasteiger partial charge in [0.05, 0.1) is 24.6 Å². The Hall–Kier alpha value is -3.04. The van der Waals surface area contributed by atoms with Crippen LogP contribution >= 0.6 is 0 Å². The molecule has 2 aromatic rings. The van der Waals surface area contributed by atoms with Gasteiger partial charge < -0.3 is 14.8 Å². The molecule has 1 amide bonds. The molecule has 26 heavy (non-hydrogen) atoms. The number of halogens is 3. The summed E-state index contributed by atoms with van der Waals surface area (Å²) in [7, 11) is 1.27. The van der Waals surface area contributed by atoms with Crippen LogP contribution in [0.2, 0.25) is 0 Å². The van der Waals surface area contributed by atoms with Crippen LogP contribution in [0.25, 0.3) is 5.69 Å². The number of benzene rings is 1. The highest BCUT2D eigenvalue weighted by molar-refractivity contribution is 5.92. The van der Waals surface area contributed by atoms with Crippen LogP contribution in [0, 0.1) is 0 Å². The molecule has 0 fully saturated rings. The van der Waals surface area contributed by atoms with Crippen LogP contribution in [-0.4, -0.2) is 41.9 Å². The number of methoxy groups -OCH3 is 1. The van der Waals surface area contributed by atoms with Crippen LogP contribution in [0.15, 0.2) is 30.5 Å². The molecule has 1 N–H and O–H groups in total. The fourth-order valence-electron chi connectivity index (χ4n) is 2.05. The second kappa shape index (κ2) is 7.89. The number of nitrogens with one attached hydrogen (secondary N) is 1. The molecule has 140 valence electrons. The number of alkyl halides is 3. The van der Waals surface area contributed by atoms with Crippen molar-refractivity contribution < 1.29 is 32.2 Å². The number of nitrogens with zero attached hydrogens (tertiary/aromatic N) is 2. The van der Waals surface area contributed by atoms with Crippen molar-refractivity contribution in [1.82, 2.24) is 15.1 Å². The molecule has 1 heterocycles. The Bertz CT molecular complexity index is 802. The van der Waals surface area contributed by atoms with Gasteiger partial charge in [0.25, 0.3) is 5.91 Å². The van der Waals surface area contributed by atoms with Crippen molar-refractivity contribution >= 4 is 11.9 Å². The zero-order valence-corrected chi connectivity index (χ0v) is 14.0. The summed E-state index contributed by atoms with van der Waals surface area (Å²) < 4.78 is 49.4. The number of carbonyl (C=O) groups excluding carboxylic acids is 2. The first-order valence-electron chi connectivity index (χ1n) is 7.51. The maximum atomic E-state index is 12.8. The smallest absolute Gasteiger partial charge is 0.416 e. The summed E-state index contributed by atoms with van der Waals surface area (Å²) in [5, 5.41) is 6.37. The third kappa shape index (κ3) is 4.52. The molecule has 0 unspecified atom stereocenters. The predicted octanol–water partition coefficient (Wildman–Crippen LogP) is 2.19. The number of esters is 1. The van der Waals surface area contributed by atoms with Crippen molar-refractivity contribution in [3.05, 3.63) is 41.7 Å². The van der Waals surface area contributed by atoms with Crippen LogP contribution in [0.3, 0.4) is 0 Å². The number of likely N-dealkylation sites (N-methyl/N-ethyl adjacent to an activating group) is 1. The Labute approximate surface area is 146 Å². The SMILES string of the molecule is CCNC(=O)COC(=O)c1nn(-c2cccc(C(F)(F)F)c2)cc1OC. The average Bonchev–Trinajstić information content (AvgIpc) is 3.04. The first-order valence-corrected chi connectivity index (χ1v) is 7.51. The topological polar surface area (TPSA) is 82.5 Å². The van der Waals surface area contributed by atoms with Gasteiger partial charge in [-0.25, -0.2) is 9.48 Å². The third-order valence-electron chi connectivity index (χ3n) is 3.24. The molecule has 1 aromatic carbocycles. The minimum absolute atomic E-state index is 0.00307. The largest absolute Gasteiger partial charge is 0.493 e. The van der Waals surface area contributed by atoms with Gasteiger partial charge in [0.15, 0.2) is 12.4 Å². The maximum Gasteiger partial charge on any atom is 0.416 e. The fraction of sp³-hybridized carbons (Fsp3) is 0.312. The minimum atomic E-state index is -4.51. The summed E-state index contributed by atoms with van der Waals surface area (Å²) in [6, 6.07) is 4.42. The maximum absolute atomic E-state index is 12.8. The van der Waals surface area contributed by atoms with Gasteiger partial charge in [-0.2, -0.15) is 18.3 Å². The van der Waals surface area contributed by atoms with Crippen molar-refractivity contribution in [3.63, 3.8) is 0 Å². The molecule has 1 aromatic heterocycles. The molecule has 0 atom stereocenters. The first-order chi connectivity index (χ1) is 12.3. The molecule has 0 saturated heterocycles. The molecule has 2 rings (SSSR count). The lowest BCUT2D eigenvalue weighted by molar-refractivity contribution is -0.137. The molecule has 0 aliphatic rings. The Morgan fingerprint density at radius 2 is 2.04 bits per heavy atom. The quantitative estimate of drug-likeness (QED) is 0.787. The monoisotopic (exact) mass is 371 g/mol. The van der Waals surface area contributed by atoms with Gasteiger partial charge in [-0.05, 0) is 25.1 Å². The third-order valence-corrected chi connectivity index (χ3v) is 3.24. The van der Waals surface area contributed by atoms with Crippen LogP contribution in [0.4, 0.5) is 13.2 Å². The molecule has 0 saturated carbocycles. The predicted molar refractivity (Wildman–Crippen MR) is 84.1 cm³/mol. The number of aromatic nitrogens is 2. The second-order valence-corrected chi connectivity index (χ2v) is 5.07. The van der Waals surface area contributed by atoms with E-state index in [1.165, 1.54) is 25.4 Å². The van der Waals surface area contributed by atoms with Gasteiger partial charge >= 0.3 is 12.1 Å². The van der Waals surface area contributed by atoms with Gasteiger partial charge in [0, 0.05) is 6.54 Å². The Balaban J connectivity index is 2.26. The summed E-state index contributed by atoms with van der Waals surface area (Å²) >= 11 is 0. The van der Waals surface area contributed by atoms with Gasteiger partial charge in [-0.1, -0.05) is 6.07 Å². The van der Waals surface area contributed by atoms with E-state index in [2.05, 4.69) is 10.4 Å². The Morgan fingerprint density at radius 1 is 1.31 bits per heavy atom. The summed E-state index contributed by atoms with van der Waals surface area (Å²) in [5.74, 6) is -1.42. The molecule has 0 spiro atoms. The average molecular weight is 371 g/mol. The lowest BCUT2D eigenvalue weighted by Gasteiger charge is -2.08. The van der Waals surface area contributed by atoms with Crippen molar-refractivity contribution in [1.29, 1.82) is 0 Å². The molecule has 7 nitrogen and oxygen atoms in total. The van der Waals surface area contributed by atoms with Crippen LogP contribution in [0.5, 0.6) is 5.75 Å². The molecule has 10 heteroatoms. The standard InChI is InChI=1S/C16H16F3N3O4/c1-3-20-13(23)9-26-15(24)14-12(25-2)8-22(21-14)11-6-4-5-10(7-11)16(17,18)19/h4-8H,3,9H2,1-2H3,(H,20,23). The normalized spacial score (nSPS) is 11.1. The fourth-order valence-corrected chi connectivity index (χ4v) is 2.05. The van der Waals surface area contributed by atoms with E-state index < -0.39 is 30.2 Å². The van der Waals surface area contributed by atoms with Crippen LogP contribution < -0.4 is 10.1 Å². The van der Waals surface area contributed by atoms with Gasteiger partial charge in [-0.3, -0.25) is 4.79 Å². The number of carbonyl (C=O) groups is 2. The first kappa shape index (κ1) is 19.3. The van der Waals surface area contributed by atoms with E-state index in [0.717, 1.165) is 16.8 Å². The summed E-state index contributed by atoms with van der Waals surface area (Å²) in [6.07, 6.45) is -3.26. The van der Waals surface area contributed by atoms with E-state index >= 15 is 0 Å². The highest BCUT2D eigenvalue weighted by Crippen LogP contribution is 2.30.